The SMILES string of the molecule is COc1ccccc1N1CCN(CCCCCOc2ccc(COC(N)=O)cc2)CC1. The molecule has 1 saturated heterocycles. The van der Waals surface area contributed by atoms with Gasteiger partial charge in [-0.3, -0.25) is 4.90 Å². The van der Waals surface area contributed by atoms with Gasteiger partial charge in [0.1, 0.15) is 18.1 Å². The number of rotatable bonds is 11. The van der Waals surface area contributed by atoms with E-state index in [1.807, 2.05) is 36.4 Å². The lowest BCUT2D eigenvalue weighted by molar-refractivity contribution is 0.150. The van der Waals surface area contributed by atoms with Gasteiger partial charge in [-0.25, -0.2) is 4.79 Å². The van der Waals surface area contributed by atoms with Gasteiger partial charge in [-0.15, -0.1) is 0 Å². The predicted octanol–water partition coefficient (Wildman–Crippen LogP) is 3.66. The number of anilines is 1. The van der Waals surface area contributed by atoms with Crippen molar-refractivity contribution in [1.82, 2.24) is 4.90 Å². The summed E-state index contributed by atoms with van der Waals surface area (Å²) in [5, 5.41) is 0. The van der Waals surface area contributed by atoms with Crippen molar-refractivity contribution in [3.63, 3.8) is 0 Å². The summed E-state index contributed by atoms with van der Waals surface area (Å²) in [6, 6.07) is 15.8. The first-order valence-corrected chi connectivity index (χ1v) is 10.9. The van der Waals surface area contributed by atoms with E-state index in [1.54, 1.807) is 7.11 Å². The van der Waals surface area contributed by atoms with Gasteiger partial charge in [-0.1, -0.05) is 24.3 Å². The number of nitrogens with zero attached hydrogens (tertiary/aromatic N) is 2. The molecule has 0 unspecified atom stereocenters. The molecule has 0 atom stereocenters. The van der Waals surface area contributed by atoms with Gasteiger partial charge in [0, 0.05) is 26.2 Å². The third kappa shape index (κ3) is 7.36. The molecule has 1 heterocycles. The molecule has 2 aromatic carbocycles. The van der Waals surface area contributed by atoms with Gasteiger partial charge in [0.2, 0.25) is 0 Å². The van der Waals surface area contributed by atoms with Crippen LogP contribution in [-0.2, 0) is 11.3 Å². The molecule has 2 N–H and O–H groups in total. The zero-order valence-corrected chi connectivity index (χ0v) is 18.3. The molecule has 0 bridgehead atoms. The number of carbonyl (C=O) groups excluding carboxylic acids is 1. The molecule has 31 heavy (non-hydrogen) atoms. The number of piperazine rings is 1. The summed E-state index contributed by atoms with van der Waals surface area (Å²) in [6.07, 6.45) is 2.60. The van der Waals surface area contributed by atoms with Gasteiger partial charge >= 0.3 is 6.09 Å². The number of ether oxygens (including phenoxy) is 3. The Labute approximate surface area is 184 Å². The van der Waals surface area contributed by atoms with Gasteiger partial charge in [-0.05, 0) is 55.6 Å². The molecule has 168 valence electrons. The lowest BCUT2D eigenvalue weighted by atomic mass is 10.2. The Balaban J connectivity index is 1.26. The lowest BCUT2D eigenvalue weighted by Gasteiger charge is -2.36. The average Bonchev–Trinajstić information content (AvgIpc) is 2.81. The van der Waals surface area contributed by atoms with Gasteiger partial charge < -0.3 is 24.8 Å². The summed E-state index contributed by atoms with van der Waals surface area (Å²) in [4.78, 5) is 15.6. The van der Waals surface area contributed by atoms with Crippen molar-refractivity contribution in [3.8, 4) is 11.5 Å². The Morgan fingerprint density at radius 1 is 0.968 bits per heavy atom. The van der Waals surface area contributed by atoms with Crippen LogP contribution in [0.5, 0.6) is 11.5 Å². The van der Waals surface area contributed by atoms with Crippen molar-refractivity contribution in [2.24, 2.45) is 5.73 Å². The lowest BCUT2D eigenvalue weighted by Crippen LogP contribution is -2.46. The summed E-state index contributed by atoms with van der Waals surface area (Å²) in [6.45, 7) is 6.25. The number of primary amides is 1. The third-order valence-electron chi connectivity index (χ3n) is 5.49. The van der Waals surface area contributed by atoms with Crippen LogP contribution in [0.25, 0.3) is 0 Å². The summed E-state index contributed by atoms with van der Waals surface area (Å²) in [5.41, 5.74) is 7.04. The number of nitrogens with two attached hydrogens (primary N) is 1. The van der Waals surface area contributed by atoms with Crippen LogP contribution in [0.3, 0.4) is 0 Å². The molecule has 0 spiro atoms. The molecule has 7 heteroatoms. The summed E-state index contributed by atoms with van der Waals surface area (Å²) in [7, 11) is 1.73. The minimum absolute atomic E-state index is 0.183. The first kappa shape index (κ1) is 22.7. The number of carbonyl (C=O) groups is 1. The molecule has 2 aromatic rings. The van der Waals surface area contributed by atoms with E-state index in [-0.39, 0.29) is 6.61 Å². The molecule has 0 aliphatic carbocycles. The van der Waals surface area contributed by atoms with E-state index < -0.39 is 6.09 Å². The Kier molecular flexibility index (Phi) is 8.84. The Morgan fingerprint density at radius 3 is 2.42 bits per heavy atom. The minimum atomic E-state index is -0.765. The number of methoxy groups -OCH3 is 1. The molecule has 1 fully saturated rings. The van der Waals surface area contributed by atoms with Crippen LogP contribution in [-0.4, -0.2) is 57.4 Å². The largest absolute Gasteiger partial charge is 0.495 e. The van der Waals surface area contributed by atoms with Crippen molar-refractivity contribution < 1.29 is 19.0 Å². The number of hydrogen-bond acceptors (Lipinski definition) is 6. The predicted molar refractivity (Wildman–Crippen MR) is 122 cm³/mol. The molecule has 0 aromatic heterocycles. The average molecular weight is 428 g/mol. The molecular weight excluding hydrogens is 394 g/mol. The topological polar surface area (TPSA) is 77.3 Å². The van der Waals surface area contributed by atoms with E-state index in [0.717, 1.165) is 62.6 Å². The van der Waals surface area contributed by atoms with Crippen molar-refractivity contribution in [2.75, 3.05) is 51.3 Å². The highest BCUT2D eigenvalue weighted by Crippen LogP contribution is 2.28. The highest BCUT2D eigenvalue weighted by Gasteiger charge is 2.18. The summed E-state index contributed by atoms with van der Waals surface area (Å²) in [5.74, 6) is 1.78. The van der Waals surface area contributed by atoms with Crippen molar-refractivity contribution in [3.05, 3.63) is 54.1 Å². The molecule has 1 aliphatic rings. The number of hydrogen-bond donors (Lipinski definition) is 1. The fraction of sp³-hybridized carbons (Fsp3) is 0.458. The van der Waals surface area contributed by atoms with Gasteiger partial charge in [-0.2, -0.15) is 0 Å². The molecule has 7 nitrogen and oxygen atoms in total. The zero-order chi connectivity index (χ0) is 21.9. The second-order valence-corrected chi connectivity index (χ2v) is 7.66. The van der Waals surface area contributed by atoms with Crippen molar-refractivity contribution in [2.45, 2.75) is 25.9 Å². The summed E-state index contributed by atoms with van der Waals surface area (Å²) < 4.78 is 16.1. The molecule has 3 rings (SSSR count). The van der Waals surface area contributed by atoms with E-state index in [0.29, 0.717) is 6.61 Å². The smallest absolute Gasteiger partial charge is 0.404 e. The standard InChI is InChI=1S/C24H33N3O4/c1-29-23-8-4-3-7-22(23)27-16-14-26(15-17-27)13-5-2-6-18-30-21-11-9-20(10-12-21)19-31-24(25)28/h3-4,7-12H,2,5-6,13-19H2,1H3,(H2,25,28). The van der Waals surface area contributed by atoms with Crippen LogP contribution >= 0.6 is 0 Å². The second-order valence-electron chi connectivity index (χ2n) is 7.66. The van der Waals surface area contributed by atoms with Crippen molar-refractivity contribution in [1.29, 1.82) is 0 Å². The van der Waals surface area contributed by atoms with Crippen LogP contribution in [0.4, 0.5) is 10.5 Å². The van der Waals surface area contributed by atoms with E-state index >= 15 is 0 Å². The van der Waals surface area contributed by atoms with Crippen LogP contribution in [0.1, 0.15) is 24.8 Å². The number of benzene rings is 2. The maximum Gasteiger partial charge on any atom is 0.404 e. The quantitative estimate of drug-likeness (QED) is 0.552. The van der Waals surface area contributed by atoms with Crippen LogP contribution < -0.4 is 20.1 Å². The Bertz CT molecular complexity index is 805. The Morgan fingerprint density at radius 2 is 1.71 bits per heavy atom. The monoisotopic (exact) mass is 427 g/mol. The zero-order valence-electron chi connectivity index (χ0n) is 18.3. The molecular formula is C24H33N3O4. The first-order valence-electron chi connectivity index (χ1n) is 10.9. The Hall–Kier alpha value is -2.93. The van der Waals surface area contributed by atoms with E-state index in [1.165, 1.54) is 12.1 Å². The van der Waals surface area contributed by atoms with E-state index in [9.17, 15) is 4.79 Å². The molecule has 0 radical (unpaired) electrons. The van der Waals surface area contributed by atoms with Gasteiger partial charge in [0.05, 0.1) is 19.4 Å². The first-order chi connectivity index (χ1) is 15.2. The van der Waals surface area contributed by atoms with E-state index in [4.69, 9.17) is 19.9 Å². The third-order valence-corrected chi connectivity index (χ3v) is 5.49. The maximum absolute atomic E-state index is 10.6. The normalized spacial score (nSPS) is 14.3. The molecule has 1 amide bonds. The van der Waals surface area contributed by atoms with Crippen LogP contribution in [0.15, 0.2) is 48.5 Å². The molecule has 1 aliphatic heterocycles. The van der Waals surface area contributed by atoms with Gasteiger partial charge in [0.25, 0.3) is 0 Å². The molecule has 0 saturated carbocycles. The number of unbranched alkanes of at least 4 members (excludes halogenated alkanes) is 2. The van der Waals surface area contributed by atoms with Crippen LogP contribution in [0, 0.1) is 0 Å². The highest BCUT2D eigenvalue weighted by molar-refractivity contribution is 5.64. The van der Waals surface area contributed by atoms with Crippen molar-refractivity contribution >= 4 is 11.8 Å². The maximum atomic E-state index is 10.6. The van der Waals surface area contributed by atoms with Gasteiger partial charge in [0.15, 0.2) is 0 Å². The minimum Gasteiger partial charge on any atom is -0.495 e. The number of amides is 1. The van der Waals surface area contributed by atoms with E-state index in [2.05, 4.69) is 21.9 Å². The second kappa shape index (κ2) is 12.1. The fourth-order valence-electron chi connectivity index (χ4n) is 3.74. The number of para-hydroxylation sites is 2. The highest BCUT2D eigenvalue weighted by atomic mass is 16.5. The van der Waals surface area contributed by atoms with Crippen LogP contribution in [0.2, 0.25) is 0 Å². The fourth-order valence-corrected chi connectivity index (χ4v) is 3.74. The summed E-state index contributed by atoms with van der Waals surface area (Å²) >= 11 is 0.